The number of ketones is 1. The first kappa shape index (κ1) is 17.1. The fourth-order valence-corrected chi connectivity index (χ4v) is 3.02. The Kier molecular flexibility index (Phi) is 4.74. The van der Waals surface area contributed by atoms with E-state index < -0.39 is 0 Å². The highest BCUT2D eigenvalue weighted by molar-refractivity contribution is 6.06. The van der Waals surface area contributed by atoms with Crippen molar-refractivity contribution in [1.82, 2.24) is 19.9 Å². The summed E-state index contributed by atoms with van der Waals surface area (Å²) in [5.41, 5.74) is 1.26. The SMILES string of the molecule is COc1ccc(-c2nc(C(=O)c3cccnc3)nc(N3CCCC3)n2)cc1. The molecule has 0 bridgehead atoms. The lowest BCUT2D eigenvalue weighted by atomic mass is 10.1. The van der Waals surface area contributed by atoms with E-state index in [0.29, 0.717) is 17.3 Å². The summed E-state index contributed by atoms with van der Waals surface area (Å²) in [5.74, 6) is 1.63. The Labute approximate surface area is 157 Å². The summed E-state index contributed by atoms with van der Waals surface area (Å²) < 4.78 is 5.21. The molecule has 3 heterocycles. The van der Waals surface area contributed by atoms with Gasteiger partial charge in [0.05, 0.1) is 7.11 Å². The van der Waals surface area contributed by atoms with Crippen LogP contribution in [0.15, 0.2) is 48.8 Å². The van der Waals surface area contributed by atoms with Gasteiger partial charge in [0.25, 0.3) is 0 Å². The first-order valence-corrected chi connectivity index (χ1v) is 8.85. The number of rotatable bonds is 5. The van der Waals surface area contributed by atoms with Gasteiger partial charge < -0.3 is 9.64 Å². The normalized spacial score (nSPS) is 13.6. The number of pyridine rings is 1. The third-order valence-electron chi connectivity index (χ3n) is 4.49. The number of hydrogen-bond acceptors (Lipinski definition) is 7. The van der Waals surface area contributed by atoms with E-state index in [1.807, 2.05) is 24.3 Å². The molecule has 0 atom stereocenters. The molecule has 2 aromatic heterocycles. The van der Waals surface area contributed by atoms with E-state index in [-0.39, 0.29) is 11.6 Å². The van der Waals surface area contributed by atoms with E-state index in [1.165, 1.54) is 6.20 Å². The summed E-state index contributed by atoms with van der Waals surface area (Å²) in [6.07, 6.45) is 5.34. The van der Waals surface area contributed by atoms with E-state index in [2.05, 4.69) is 24.8 Å². The van der Waals surface area contributed by atoms with E-state index in [1.54, 1.807) is 25.4 Å². The second-order valence-corrected chi connectivity index (χ2v) is 6.28. The van der Waals surface area contributed by atoms with Crippen molar-refractivity contribution in [1.29, 1.82) is 0 Å². The maximum absolute atomic E-state index is 12.9. The molecule has 0 aliphatic carbocycles. The van der Waals surface area contributed by atoms with Gasteiger partial charge in [-0.3, -0.25) is 9.78 Å². The van der Waals surface area contributed by atoms with Crippen LogP contribution in [0.4, 0.5) is 5.95 Å². The van der Waals surface area contributed by atoms with Gasteiger partial charge in [-0.1, -0.05) is 0 Å². The molecule has 1 aliphatic heterocycles. The van der Waals surface area contributed by atoms with E-state index in [9.17, 15) is 4.79 Å². The zero-order chi connectivity index (χ0) is 18.6. The number of anilines is 1. The summed E-state index contributed by atoms with van der Waals surface area (Å²) in [7, 11) is 1.62. The fraction of sp³-hybridized carbons (Fsp3) is 0.250. The van der Waals surface area contributed by atoms with Gasteiger partial charge in [-0.25, -0.2) is 4.98 Å². The number of methoxy groups -OCH3 is 1. The summed E-state index contributed by atoms with van der Waals surface area (Å²) in [5, 5.41) is 0. The average molecular weight is 361 g/mol. The summed E-state index contributed by atoms with van der Waals surface area (Å²) in [6, 6.07) is 10.9. The van der Waals surface area contributed by atoms with Crippen LogP contribution in [0, 0.1) is 0 Å². The molecule has 7 heteroatoms. The summed E-state index contributed by atoms with van der Waals surface area (Å²) in [6.45, 7) is 1.76. The number of nitrogens with zero attached hydrogens (tertiary/aromatic N) is 5. The van der Waals surface area contributed by atoms with Gasteiger partial charge in [0.15, 0.2) is 5.82 Å². The molecular weight excluding hydrogens is 342 g/mol. The third kappa shape index (κ3) is 3.62. The topological polar surface area (TPSA) is 81.1 Å². The quantitative estimate of drug-likeness (QED) is 0.646. The van der Waals surface area contributed by atoms with Crippen molar-refractivity contribution in [2.45, 2.75) is 12.8 Å². The molecule has 1 aliphatic rings. The maximum Gasteiger partial charge on any atom is 0.231 e. The van der Waals surface area contributed by atoms with Crippen molar-refractivity contribution in [2.24, 2.45) is 0 Å². The van der Waals surface area contributed by atoms with Crippen LogP contribution in [0.1, 0.15) is 29.0 Å². The van der Waals surface area contributed by atoms with Crippen molar-refractivity contribution in [3.8, 4) is 17.1 Å². The molecule has 1 saturated heterocycles. The average Bonchev–Trinajstić information content (AvgIpc) is 3.28. The van der Waals surface area contributed by atoms with Gasteiger partial charge >= 0.3 is 0 Å². The lowest BCUT2D eigenvalue weighted by Gasteiger charge is -2.16. The number of aromatic nitrogens is 4. The molecule has 1 aromatic carbocycles. The lowest BCUT2D eigenvalue weighted by Crippen LogP contribution is -2.23. The van der Waals surface area contributed by atoms with E-state index in [4.69, 9.17) is 4.74 Å². The molecule has 1 fully saturated rings. The molecule has 0 N–H and O–H groups in total. The Balaban J connectivity index is 1.78. The zero-order valence-corrected chi connectivity index (χ0v) is 15.0. The van der Waals surface area contributed by atoms with Gasteiger partial charge in [0, 0.05) is 36.6 Å². The molecule has 7 nitrogen and oxygen atoms in total. The molecule has 0 unspecified atom stereocenters. The molecule has 4 rings (SSSR count). The van der Waals surface area contributed by atoms with Gasteiger partial charge in [-0.15, -0.1) is 0 Å². The fourth-order valence-electron chi connectivity index (χ4n) is 3.02. The Morgan fingerprint density at radius 1 is 1.04 bits per heavy atom. The van der Waals surface area contributed by atoms with Gasteiger partial charge in [-0.05, 0) is 49.2 Å². The third-order valence-corrected chi connectivity index (χ3v) is 4.49. The minimum atomic E-state index is -0.263. The minimum absolute atomic E-state index is 0.130. The van der Waals surface area contributed by atoms with Crippen LogP contribution in [-0.4, -0.2) is 45.9 Å². The molecule has 3 aromatic rings. The number of benzene rings is 1. The van der Waals surface area contributed by atoms with Crippen LogP contribution in [-0.2, 0) is 0 Å². The van der Waals surface area contributed by atoms with Crippen LogP contribution >= 0.6 is 0 Å². The van der Waals surface area contributed by atoms with Gasteiger partial charge in [0.1, 0.15) is 5.75 Å². The first-order valence-electron chi connectivity index (χ1n) is 8.85. The van der Waals surface area contributed by atoms with Crippen molar-refractivity contribution in [3.05, 3.63) is 60.2 Å². The van der Waals surface area contributed by atoms with Crippen molar-refractivity contribution >= 4 is 11.7 Å². The second kappa shape index (κ2) is 7.49. The summed E-state index contributed by atoms with van der Waals surface area (Å²) in [4.78, 5) is 32.5. The summed E-state index contributed by atoms with van der Waals surface area (Å²) >= 11 is 0. The second-order valence-electron chi connectivity index (χ2n) is 6.28. The molecule has 0 saturated carbocycles. The van der Waals surface area contributed by atoms with Crippen molar-refractivity contribution in [3.63, 3.8) is 0 Å². The Bertz CT molecular complexity index is 938. The Morgan fingerprint density at radius 2 is 1.81 bits per heavy atom. The van der Waals surface area contributed by atoms with E-state index >= 15 is 0 Å². The largest absolute Gasteiger partial charge is 0.497 e. The predicted octanol–water partition coefficient (Wildman–Crippen LogP) is 2.77. The highest BCUT2D eigenvalue weighted by atomic mass is 16.5. The number of carbonyl (C=O) groups excluding carboxylic acids is 1. The zero-order valence-electron chi connectivity index (χ0n) is 15.0. The molecule has 27 heavy (non-hydrogen) atoms. The predicted molar refractivity (Wildman–Crippen MR) is 101 cm³/mol. The molecular formula is C20H19N5O2. The maximum atomic E-state index is 12.9. The molecule has 0 amide bonds. The van der Waals surface area contributed by atoms with Gasteiger partial charge in [-0.2, -0.15) is 9.97 Å². The minimum Gasteiger partial charge on any atom is -0.497 e. The van der Waals surface area contributed by atoms with Crippen LogP contribution in [0.25, 0.3) is 11.4 Å². The lowest BCUT2D eigenvalue weighted by molar-refractivity contribution is 0.102. The number of carbonyl (C=O) groups is 1. The van der Waals surface area contributed by atoms with Crippen molar-refractivity contribution in [2.75, 3.05) is 25.1 Å². The van der Waals surface area contributed by atoms with Crippen LogP contribution < -0.4 is 9.64 Å². The number of hydrogen-bond donors (Lipinski definition) is 0. The standard InChI is InChI=1S/C20H19N5O2/c1-27-16-8-6-14(7-9-16)18-22-19(17(26)15-5-4-10-21-13-15)24-20(23-18)25-11-2-3-12-25/h4-10,13H,2-3,11-12H2,1H3. The molecule has 0 spiro atoms. The monoisotopic (exact) mass is 361 g/mol. The van der Waals surface area contributed by atoms with Gasteiger partial charge in [0.2, 0.25) is 17.6 Å². The van der Waals surface area contributed by atoms with Crippen LogP contribution in [0.2, 0.25) is 0 Å². The van der Waals surface area contributed by atoms with Crippen LogP contribution in [0.5, 0.6) is 5.75 Å². The number of ether oxygens (including phenoxy) is 1. The molecule has 136 valence electrons. The highest BCUT2D eigenvalue weighted by Gasteiger charge is 2.21. The van der Waals surface area contributed by atoms with Crippen LogP contribution in [0.3, 0.4) is 0 Å². The van der Waals surface area contributed by atoms with E-state index in [0.717, 1.165) is 37.2 Å². The Morgan fingerprint density at radius 3 is 2.48 bits per heavy atom. The Hall–Kier alpha value is -3.35. The highest BCUT2D eigenvalue weighted by Crippen LogP contribution is 2.23. The first-order chi connectivity index (χ1) is 13.2. The molecule has 0 radical (unpaired) electrons. The van der Waals surface area contributed by atoms with Crippen molar-refractivity contribution < 1.29 is 9.53 Å². The smallest absolute Gasteiger partial charge is 0.231 e.